The first-order valence-electron chi connectivity index (χ1n) is 7.70. The van der Waals surface area contributed by atoms with Crippen LogP contribution in [0.4, 0.5) is 0 Å². The quantitative estimate of drug-likeness (QED) is 0.836. The molecule has 0 aromatic carbocycles. The molecule has 1 heterocycles. The van der Waals surface area contributed by atoms with Gasteiger partial charge in [0.1, 0.15) is 0 Å². The van der Waals surface area contributed by atoms with Crippen LogP contribution in [0.3, 0.4) is 0 Å². The number of ether oxygens (including phenoxy) is 1. The number of nitrogens with zero attached hydrogens (tertiary/aromatic N) is 1. The molecule has 0 unspecified atom stereocenters. The van der Waals surface area contributed by atoms with Gasteiger partial charge in [-0.1, -0.05) is 12.8 Å². The molecule has 3 rings (SSSR count). The number of rotatable bonds is 3. The fourth-order valence-corrected chi connectivity index (χ4v) is 4.59. The van der Waals surface area contributed by atoms with Crippen LogP contribution in [-0.2, 0) is 4.74 Å². The smallest absolute Gasteiger partial charge is 0.0607 e. The molecule has 0 aromatic rings. The Labute approximate surface area is 111 Å². The molecule has 2 aliphatic carbocycles. The average Bonchev–Trinajstić information content (AvgIpc) is 2.80. The highest BCUT2D eigenvalue weighted by molar-refractivity contribution is 5.06. The van der Waals surface area contributed by atoms with Crippen molar-refractivity contribution in [1.29, 1.82) is 0 Å². The Hall–Kier alpha value is -0.120. The van der Waals surface area contributed by atoms with E-state index in [4.69, 9.17) is 10.5 Å². The third-order valence-corrected chi connectivity index (χ3v) is 6.09. The molecule has 104 valence electrons. The zero-order valence-electron chi connectivity index (χ0n) is 11.8. The van der Waals surface area contributed by atoms with Gasteiger partial charge in [0.2, 0.25) is 0 Å². The van der Waals surface area contributed by atoms with Crippen LogP contribution in [0.25, 0.3) is 0 Å². The topological polar surface area (TPSA) is 38.5 Å². The second-order valence-electron chi connectivity index (χ2n) is 6.89. The van der Waals surface area contributed by atoms with Gasteiger partial charge in [0.15, 0.2) is 0 Å². The van der Waals surface area contributed by atoms with E-state index in [1.807, 2.05) is 7.11 Å². The van der Waals surface area contributed by atoms with E-state index in [-0.39, 0.29) is 5.54 Å². The largest absolute Gasteiger partial charge is 0.381 e. The predicted octanol–water partition coefficient (Wildman–Crippen LogP) is 2.15. The molecule has 18 heavy (non-hydrogen) atoms. The van der Waals surface area contributed by atoms with Crippen LogP contribution in [0.1, 0.15) is 51.4 Å². The molecule has 2 N–H and O–H groups in total. The number of nitrogens with two attached hydrogens (primary N) is 1. The Morgan fingerprint density at radius 1 is 1.11 bits per heavy atom. The van der Waals surface area contributed by atoms with Crippen molar-refractivity contribution in [2.75, 3.05) is 26.7 Å². The first-order valence-corrected chi connectivity index (χ1v) is 7.70. The monoisotopic (exact) mass is 252 g/mol. The van der Waals surface area contributed by atoms with Crippen molar-refractivity contribution in [1.82, 2.24) is 4.90 Å². The fourth-order valence-electron chi connectivity index (χ4n) is 4.59. The molecule has 3 fully saturated rings. The maximum Gasteiger partial charge on any atom is 0.0607 e. The van der Waals surface area contributed by atoms with Gasteiger partial charge in [-0.3, -0.25) is 4.90 Å². The Morgan fingerprint density at radius 3 is 2.22 bits per heavy atom. The number of hydrogen-bond donors (Lipinski definition) is 1. The van der Waals surface area contributed by atoms with E-state index in [9.17, 15) is 0 Å². The molecule has 2 saturated carbocycles. The van der Waals surface area contributed by atoms with Crippen LogP contribution >= 0.6 is 0 Å². The van der Waals surface area contributed by atoms with Gasteiger partial charge in [-0.25, -0.2) is 0 Å². The van der Waals surface area contributed by atoms with Crippen LogP contribution in [0, 0.1) is 5.41 Å². The van der Waals surface area contributed by atoms with E-state index >= 15 is 0 Å². The lowest BCUT2D eigenvalue weighted by atomic mass is 9.69. The molecule has 0 radical (unpaired) electrons. The molecule has 3 nitrogen and oxygen atoms in total. The Balaban J connectivity index is 1.58. The number of hydrogen-bond acceptors (Lipinski definition) is 3. The number of piperidine rings is 1. The lowest BCUT2D eigenvalue weighted by Crippen LogP contribution is -2.65. The fraction of sp³-hybridized carbons (Fsp3) is 1.00. The summed E-state index contributed by atoms with van der Waals surface area (Å²) >= 11 is 0. The van der Waals surface area contributed by atoms with Crippen LogP contribution in [-0.4, -0.2) is 43.3 Å². The Kier molecular flexibility index (Phi) is 3.41. The third kappa shape index (κ3) is 2.00. The summed E-state index contributed by atoms with van der Waals surface area (Å²) in [7, 11) is 1.83. The summed E-state index contributed by atoms with van der Waals surface area (Å²) in [6.07, 6.45) is 11.5. The van der Waals surface area contributed by atoms with E-state index in [0.29, 0.717) is 6.10 Å². The first-order chi connectivity index (χ1) is 8.72. The summed E-state index contributed by atoms with van der Waals surface area (Å²) in [5, 5.41) is 0. The standard InChI is InChI=1S/C15H28N2O/c1-18-13-10-15(11-13,12-16)17-8-6-14(7-9-17)4-2-3-5-14/h13H,2-12,16H2,1H3. The molecular weight excluding hydrogens is 224 g/mol. The maximum absolute atomic E-state index is 6.06. The second kappa shape index (κ2) is 4.77. The number of methoxy groups -OCH3 is 1. The number of likely N-dealkylation sites (tertiary alicyclic amines) is 1. The van der Waals surface area contributed by atoms with Gasteiger partial charge >= 0.3 is 0 Å². The maximum atomic E-state index is 6.06. The van der Waals surface area contributed by atoms with Gasteiger partial charge in [0.05, 0.1) is 6.10 Å². The molecule has 1 spiro atoms. The van der Waals surface area contributed by atoms with Crippen molar-refractivity contribution in [3.05, 3.63) is 0 Å². The molecule has 0 atom stereocenters. The molecule has 3 aliphatic rings. The molecule has 1 saturated heterocycles. The third-order valence-electron chi connectivity index (χ3n) is 6.09. The molecular formula is C15H28N2O. The van der Waals surface area contributed by atoms with E-state index < -0.39 is 0 Å². The van der Waals surface area contributed by atoms with Crippen LogP contribution in [0.5, 0.6) is 0 Å². The minimum absolute atomic E-state index is 0.279. The molecule has 0 bridgehead atoms. The zero-order chi connectivity index (χ0) is 12.6. The highest BCUT2D eigenvalue weighted by atomic mass is 16.5. The van der Waals surface area contributed by atoms with Crippen molar-refractivity contribution < 1.29 is 4.74 Å². The van der Waals surface area contributed by atoms with Gasteiger partial charge in [-0.05, 0) is 57.0 Å². The summed E-state index contributed by atoms with van der Waals surface area (Å²) < 4.78 is 5.45. The SMILES string of the molecule is COC1CC(CN)(N2CCC3(CCCC3)CC2)C1. The van der Waals surface area contributed by atoms with Crippen LogP contribution in [0.2, 0.25) is 0 Å². The van der Waals surface area contributed by atoms with E-state index in [2.05, 4.69) is 4.90 Å². The molecule has 3 heteroatoms. The van der Waals surface area contributed by atoms with Gasteiger partial charge < -0.3 is 10.5 Å². The highest BCUT2D eigenvalue weighted by Crippen LogP contribution is 2.49. The van der Waals surface area contributed by atoms with Crippen molar-refractivity contribution >= 4 is 0 Å². The summed E-state index contributed by atoms with van der Waals surface area (Å²) in [5.41, 5.74) is 7.06. The molecule has 0 aromatic heterocycles. The molecule has 1 aliphatic heterocycles. The van der Waals surface area contributed by atoms with Gasteiger partial charge in [-0.15, -0.1) is 0 Å². The van der Waals surface area contributed by atoms with E-state index in [1.165, 1.54) is 51.6 Å². The Bertz CT molecular complexity index is 283. The second-order valence-corrected chi connectivity index (χ2v) is 6.89. The lowest BCUT2D eigenvalue weighted by Gasteiger charge is -2.56. The summed E-state index contributed by atoms with van der Waals surface area (Å²) in [4.78, 5) is 2.69. The average molecular weight is 252 g/mol. The Morgan fingerprint density at radius 2 is 1.72 bits per heavy atom. The van der Waals surface area contributed by atoms with E-state index in [0.717, 1.165) is 24.8 Å². The van der Waals surface area contributed by atoms with Crippen molar-refractivity contribution in [3.63, 3.8) is 0 Å². The van der Waals surface area contributed by atoms with Gasteiger partial charge in [0.25, 0.3) is 0 Å². The minimum atomic E-state index is 0.279. The van der Waals surface area contributed by atoms with Crippen molar-refractivity contribution in [2.24, 2.45) is 11.1 Å². The first kappa shape index (κ1) is 12.9. The minimum Gasteiger partial charge on any atom is -0.381 e. The van der Waals surface area contributed by atoms with Crippen LogP contribution in [0.15, 0.2) is 0 Å². The predicted molar refractivity (Wildman–Crippen MR) is 73.5 cm³/mol. The van der Waals surface area contributed by atoms with Crippen molar-refractivity contribution in [2.45, 2.75) is 63.0 Å². The van der Waals surface area contributed by atoms with Crippen molar-refractivity contribution in [3.8, 4) is 0 Å². The highest BCUT2D eigenvalue weighted by Gasteiger charge is 2.50. The van der Waals surface area contributed by atoms with Gasteiger partial charge in [-0.2, -0.15) is 0 Å². The normalized spacial score (nSPS) is 40.0. The summed E-state index contributed by atoms with van der Waals surface area (Å²) in [6, 6.07) is 0. The van der Waals surface area contributed by atoms with Crippen LogP contribution < -0.4 is 5.73 Å². The zero-order valence-corrected chi connectivity index (χ0v) is 11.8. The molecule has 0 amide bonds. The summed E-state index contributed by atoms with van der Waals surface area (Å²) in [6.45, 7) is 3.35. The lowest BCUT2D eigenvalue weighted by molar-refractivity contribution is -0.103. The summed E-state index contributed by atoms with van der Waals surface area (Å²) in [5.74, 6) is 0. The van der Waals surface area contributed by atoms with Gasteiger partial charge in [0, 0.05) is 19.2 Å². The van der Waals surface area contributed by atoms with E-state index in [1.54, 1.807) is 0 Å².